The Morgan fingerprint density at radius 1 is 1.12 bits per heavy atom. The summed E-state index contributed by atoms with van der Waals surface area (Å²) in [6.07, 6.45) is 3.27. The number of carbonyl (C=O) groups excluding carboxylic acids is 1. The third-order valence-corrected chi connectivity index (χ3v) is 3.36. The minimum atomic E-state index is -0.270. The molecule has 2 N–H and O–H groups in total. The summed E-state index contributed by atoms with van der Waals surface area (Å²) in [5, 5.41) is 6.86. The summed E-state index contributed by atoms with van der Waals surface area (Å²) in [4.78, 5) is 24.8. The lowest BCUT2D eigenvalue weighted by atomic mass is 10.2. The number of pyridine rings is 1. The van der Waals surface area contributed by atoms with Crippen LogP contribution in [0, 0.1) is 0 Å². The second-order valence-corrected chi connectivity index (χ2v) is 5.02. The van der Waals surface area contributed by atoms with Gasteiger partial charge in [0.2, 0.25) is 5.95 Å². The zero-order valence-electron chi connectivity index (χ0n) is 13.2. The molecular formula is C17H17N5O2. The van der Waals surface area contributed by atoms with Crippen molar-refractivity contribution in [1.82, 2.24) is 20.3 Å². The zero-order valence-corrected chi connectivity index (χ0v) is 13.2. The molecule has 2 aromatic heterocycles. The molecular weight excluding hydrogens is 306 g/mol. The molecule has 0 bridgehead atoms. The number of nitrogens with one attached hydrogen (secondary N) is 2. The van der Waals surface area contributed by atoms with Gasteiger partial charge in [-0.2, -0.15) is 0 Å². The third kappa shape index (κ3) is 3.64. The monoisotopic (exact) mass is 323 g/mol. The van der Waals surface area contributed by atoms with Crippen LogP contribution in [0.5, 0.6) is 0 Å². The van der Waals surface area contributed by atoms with Gasteiger partial charge in [0.25, 0.3) is 5.91 Å². The van der Waals surface area contributed by atoms with Crippen molar-refractivity contribution in [3.63, 3.8) is 0 Å². The van der Waals surface area contributed by atoms with Gasteiger partial charge in [0.15, 0.2) is 0 Å². The SMILES string of the molecule is COCCNC(=O)c1ccnc(Nc2cccc3cccnc23)n1. The summed E-state index contributed by atoms with van der Waals surface area (Å²) in [6, 6.07) is 11.2. The van der Waals surface area contributed by atoms with E-state index in [1.807, 2.05) is 30.3 Å². The molecule has 1 amide bonds. The number of rotatable bonds is 6. The molecule has 0 spiro atoms. The maximum atomic E-state index is 12.0. The number of ether oxygens (including phenoxy) is 1. The predicted molar refractivity (Wildman–Crippen MR) is 91.3 cm³/mol. The first-order chi connectivity index (χ1) is 11.8. The van der Waals surface area contributed by atoms with Crippen molar-refractivity contribution in [3.05, 3.63) is 54.5 Å². The summed E-state index contributed by atoms with van der Waals surface area (Å²) >= 11 is 0. The summed E-state index contributed by atoms with van der Waals surface area (Å²) in [7, 11) is 1.58. The Balaban J connectivity index is 1.80. The average molecular weight is 323 g/mol. The van der Waals surface area contributed by atoms with Gasteiger partial charge in [0, 0.05) is 31.4 Å². The molecule has 0 aliphatic carbocycles. The van der Waals surface area contributed by atoms with Crippen LogP contribution in [0.1, 0.15) is 10.5 Å². The Kier molecular flexibility index (Phi) is 4.93. The number of para-hydroxylation sites is 1. The predicted octanol–water partition coefficient (Wildman–Crippen LogP) is 2.14. The van der Waals surface area contributed by atoms with E-state index in [1.54, 1.807) is 25.6 Å². The van der Waals surface area contributed by atoms with Crippen LogP contribution in [0.4, 0.5) is 11.6 Å². The number of amides is 1. The molecule has 0 radical (unpaired) electrons. The molecule has 0 aliphatic heterocycles. The molecule has 0 aliphatic rings. The molecule has 24 heavy (non-hydrogen) atoms. The van der Waals surface area contributed by atoms with Crippen LogP contribution >= 0.6 is 0 Å². The molecule has 0 fully saturated rings. The molecule has 0 saturated carbocycles. The first-order valence-corrected chi connectivity index (χ1v) is 7.49. The highest BCUT2D eigenvalue weighted by molar-refractivity contribution is 5.93. The molecule has 3 rings (SSSR count). The Bertz CT molecular complexity index is 848. The highest BCUT2D eigenvalue weighted by Crippen LogP contribution is 2.22. The topological polar surface area (TPSA) is 89.0 Å². The maximum absolute atomic E-state index is 12.0. The minimum absolute atomic E-state index is 0.270. The first kappa shape index (κ1) is 15.8. The summed E-state index contributed by atoms with van der Waals surface area (Å²) < 4.78 is 4.90. The van der Waals surface area contributed by atoms with E-state index in [-0.39, 0.29) is 11.6 Å². The van der Waals surface area contributed by atoms with Gasteiger partial charge >= 0.3 is 0 Å². The number of hydrogen-bond donors (Lipinski definition) is 2. The molecule has 2 heterocycles. The van der Waals surface area contributed by atoms with Crippen LogP contribution in [-0.4, -0.2) is 41.1 Å². The van der Waals surface area contributed by atoms with Crippen molar-refractivity contribution in [3.8, 4) is 0 Å². The number of carbonyl (C=O) groups is 1. The number of hydrogen-bond acceptors (Lipinski definition) is 6. The van der Waals surface area contributed by atoms with Crippen LogP contribution in [0.25, 0.3) is 10.9 Å². The zero-order chi connectivity index (χ0) is 16.8. The molecule has 0 atom stereocenters. The largest absolute Gasteiger partial charge is 0.383 e. The lowest BCUT2D eigenvalue weighted by Gasteiger charge is -2.09. The van der Waals surface area contributed by atoms with E-state index in [4.69, 9.17) is 4.74 Å². The van der Waals surface area contributed by atoms with Crippen molar-refractivity contribution in [1.29, 1.82) is 0 Å². The van der Waals surface area contributed by atoms with Crippen LogP contribution in [0.2, 0.25) is 0 Å². The highest BCUT2D eigenvalue weighted by Gasteiger charge is 2.09. The molecule has 122 valence electrons. The number of benzene rings is 1. The quantitative estimate of drug-likeness (QED) is 0.676. The van der Waals surface area contributed by atoms with Crippen molar-refractivity contribution >= 4 is 28.4 Å². The van der Waals surface area contributed by atoms with Gasteiger partial charge < -0.3 is 15.4 Å². The molecule has 7 nitrogen and oxygen atoms in total. The average Bonchev–Trinajstić information content (AvgIpc) is 2.62. The summed E-state index contributed by atoms with van der Waals surface area (Å²) in [5.74, 6) is 0.0705. The molecule has 3 aromatic rings. The van der Waals surface area contributed by atoms with E-state index in [0.29, 0.717) is 19.1 Å². The Morgan fingerprint density at radius 2 is 2.00 bits per heavy atom. The van der Waals surface area contributed by atoms with Gasteiger partial charge in [-0.25, -0.2) is 9.97 Å². The third-order valence-electron chi connectivity index (χ3n) is 3.36. The number of aromatic nitrogens is 3. The van der Waals surface area contributed by atoms with Gasteiger partial charge in [-0.05, 0) is 18.2 Å². The molecule has 0 unspecified atom stereocenters. The van der Waals surface area contributed by atoms with Gasteiger partial charge in [0.1, 0.15) is 5.69 Å². The lowest BCUT2D eigenvalue weighted by molar-refractivity contribution is 0.0932. The maximum Gasteiger partial charge on any atom is 0.270 e. The van der Waals surface area contributed by atoms with Crippen molar-refractivity contribution < 1.29 is 9.53 Å². The van der Waals surface area contributed by atoms with E-state index >= 15 is 0 Å². The van der Waals surface area contributed by atoms with Crippen LogP contribution in [-0.2, 0) is 4.74 Å². The second kappa shape index (κ2) is 7.47. The second-order valence-electron chi connectivity index (χ2n) is 5.02. The van der Waals surface area contributed by atoms with Gasteiger partial charge in [0.05, 0.1) is 17.8 Å². The fourth-order valence-corrected chi connectivity index (χ4v) is 2.23. The lowest BCUT2D eigenvalue weighted by Crippen LogP contribution is -2.27. The molecule has 7 heteroatoms. The van der Waals surface area contributed by atoms with E-state index < -0.39 is 0 Å². The van der Waals surface area contributed by atoms with E-state index in [0.717, 1.165) is 16.6 Å². The van der Waals surface area contributed by atoms with Gasteiger partial charge in [-0.1, -0.05) is 18.2 Å². The van der Waals surface area contributed by atoms with Crippen LogP contribution in [0.15, 0.2) is 48.8 Å². The number of methoxy groups -OCH3 is 1. The van der Waals surface area contributed by atoms with Crippen molar-refractivity contribution in [2.45, 2.75) is 0 Å². The fourth-order valence-electron chi connectivity index (χ4n) is 2.23. The van der Waals surface area contributed by atoms with Crippen molar-refractivity contribution in [2.75, 3.05) is 25.6 Å². The summed E-state index contributed by atoms with van der Waals surface area (Å²) in [5.41, 5.74) is 1.89. The molecule has 1 aromatic carbocycles. The Labute approximate surface area is 139 Å². The molecule has 0 saturated heterocycles. The van der Waals surface area contributed by atoms with Crippen molar-refractivity contribution in [2.24, 2.45) is 0 Å². The minimum Gasteiger partial charge on any atom is -0.383 e. The standard InChI is InChI=1S/C17H17N5O2/c1-24-11-10-19-16(23)14-7-9-20-17(22-14)21-13-6-2-4-12-5-3-8-18-15(12)13/h2-9H,10-11H2,1H3,(H,19,23)(H,20,21,22). The van der Waals surface area contributed by atoms with Crippen LogP contribution < -0.4 is 10.6 Å². The van der Waals surface area contributed by atoms with E-state index in [9.17, 15) is 4.79 Å². The summed E-state index contributed by atoms with van der Waals surface area (Å²) in [6.45, 7) is 0.874. The Hall–Kier alpha value is -3.06. The number of fused-ring (bicyclic) bond motifs is 1. The normalized spacial score (nSPS) is 10.5. The van der Waals surface area contributed by atoms with Gasteiger partial charge in [-0.15, -0.1) is 0 Å². The van der Waals surface area contributed by atoms with Gasteiger partial charge in [-0.3, -0.25) is 9.78 Å². The van der Waals surface area contributed by atoms with Crippen LogP contribution in [0.3, 0.4) is 0 Å². The van der Waals surface area contributed by atoms with E-state index in [1.165, 1.54) is 0 Å². The highest BCUT2D eigenvalue weighted by atomic mass is 16.5. The first-order valence-electron chi connectivity index (χ1n) is 7.49. The fraction of sp³-hybridized carbons (Fsp3) is 0.176. The Morgan fingerprint density at radius 3 is 2.88 bits per heavy atom. The smallest absolute Gasteiger partial charge is 0.270 e. The van der Waals surface area contributed by atoms with E-state index in [2.05, 4.69) is 25.6 Å². The number of nitrogens with zero attached hydrogens (tertiary/aromatic N) is 3. The number of anilines is 2.